The smallest absolute Gasteiger partial charge is 0.306 e. The average Bonchev–Trinajstić information content (AvgIpc) is 3.09. The van der Waals surface area contributed by atoms with Crippen molar-refractivity contribution >= 4 is 11.9 Å². The fourth-order valence-electron chi connectivity index (χ4n) is 4.45. The minimum absolute atomic E-state index is 0.00634. The Morgan fingerprint density at radius 1 is 0.500 bits per heavy atom. The molecule has 0 saturated heterocycles. The van der Waals surface area contributed by atoms with Gasteiger partial charge in [-0.1, -0.05) is 51.4 Å². The molecule has 0 spiro atoms. The Labute approximate surface area is 172 Å². The third-order valence-electron chi connectivity index (χ3n) is 6.21. The summed E-state index contributed by atoms with van der Waals surface area (Å²) in [5, 5.41) is 0. The van der Waals surface area contributed by atoms with E-state index in [9.17, 15) is 9.59 Å². The van der Waals surface area contributed by atoms with E-state index < -0.39 is 0 Å². The summed E-state index contributed by atoms with van der Waals surface area (Å²) in [6.07, 6.45) is 21.9. The van der Waals surface area contributed by atoms with Gasteiger partial charge in [0.25, 0.3) is 0 Å². The van der Waals surface area contributed by atoms with Crippen LogP contribution in [-0.2, 0) is 19.1 Å². The number of hydrogen-bond donors (Lipinski definition) is 0. The lowest BCUT2D eigenvalue weighted by Gasteiger charge is -2.15. The van der Waals surface area contributed by atoms with Crippen LogP contribution in [0.5, 0.6) is 0 Å². The number of esters is 2. The summed E-state index contributed by atoms with van der Waals surface area (Å²) in [7, 11) is 0. The molecule has 0 aromatic rings. The van der Waals surface area contributed by atoms with Crippen LogP contribution in [0.2, 0.25) is 0 Å². The van der Waals surface area contributed by atoms with Crippen molar-refractivity contribution in [2.24, 2.45) is 0 Å². The third kappa shape index (κ3) is 11.1. The molecule has 162 valence electrons. The molecule has 0 radical (unpaired) electrons. The Hall–Kier alpha value is -1.06. The molecule has 0 heterocycles. The summed E-state index contributed by atoms with van der Waals surface area (Å²) in [4.78, 5) is 23.9. The maximum atomic E-state index is 11.9. The minimum atomic E-state index is -0.00634. The fourth-order valence-corrected chi connectivity index (χ4v) is 4.45. The van der Waals surface area contributed by atoms with Crippen LogP contribution in [-0.4, -0.2) is 24.1 Å². The van der Waals surface area contributed by atoms with Crippen molar-refractivity contribution in [3.8, 4) is 0 Å². The summed E-state index contributed by atoms with van der Waals surface area (Å²) < 4.78 is 11.2. The number of carbonyl (C=O) groups is 2. The molecule has 4 heteroatoms. The van der Waals surface area contributed by atoms with E-state index in [1.54, 1.807) is 0 Å². The first-order chi connectivity index (χ1) is 13.7. The van der Waals surface area contributed by atoms with Gasteiger partial charge in [-0.2, -0.15) is 0 Å². The van der Waals surface area contributed by atoms with Crippen molar-refractivity contribution in [2.75, 3.05) is 0 Å². The highest BCUT2D eigenvalue weighted by Gasteiger charge is 2.17. The van der Waals surface area contributed by atoms with Crippen LogP contribution in [0, 0.1) is 0 Å². The first kappa shape index (κ1) is 23.2. The van der Waals surface area contributed by atoms with Gasteiger partial charge in [0.1, 0.15) is 12.2 Å². The number of rotatable bonds is 11. The number of ether oxygens (including phenoxy) is 2. The van der Waals surface area contributed by atoms with Crippen molar-refractivity contribution in [1.29, 1.82) is 0 Å². The Morgan fingerprint density at radius 3 is 1.18 bits per heavy atom. The zero-order valence-electron chi connectivity index (χ0n) is 17.9. The zero-order valence-corrected chi connectivity index (χ0v) is 17.9. The van der Waals surface area contributed by atoms with E-state index in [0.717, 1.165) is 64.2 Å². The fraction of sp³-hybridized carbons (Fsp3) is 0.917. The van der Waals surface area contributed by atoms with Gasteiger partial charge in [-0.25, -0.2) is 0 Å². The second kappa shape index (κ2) is 14.9. The lowest BCUT2D eigenvalue weighted by molar-refractivity contribution is -0.150. The first-order valence-electron chi connectivity index (χ1n) is 12.1. The van der Waals surface area contributed by atoms with Crippen LogP contribution in [0.3, 0.4) is 0 Å². The van der Waals surface area contributed by atoms with Gasteiger partial charge in [-0.15, -0.1) is 0 Å². The molecule has 0 aromatic heterocycles. The molecule has 0 amide bonds. The summed E-state index contributed by atoms with van der Waals surface area (Å²) in [6, 6.07) is 0. The molecule has 2 aliphatic rings. The number of carbonyl (C=O) groups excluding carboxylic acids is 2. The van der Waals surface area contributed by atoms with Gasteiger partial charge in [0.2, 0.25) is 0 Å². The Bertz CT molecular complexity index is 378. The first-order valence-corrected chi connectivity index (χ1v) is 12.1. The van der Waals surface area contributed by atoms with Gasteiger partial charge < -0.3 is 9.47 Å². The van der Waals surface area contributed by atoms with Crippen molar-refractivity contribution in [2.45, 2.75) is 141 Å². The average molecular weight is 395 g/mol. The van der Waals surface area contributed by atoms with E-state index >= 15 is 0 Å². The monoisotopic (exact) mass is 394 g/mol. The van der Waals surface area contributed by atoms with Crippen molar-refractivity contribution in [3.63, 3.8) is 0 Å². The molecule has 4 nitrogen and oxygen atoms in total. The molecule has 0 N–H and O–H groups in total. The predicted octanol–water partition coefficient (Wildman–Crippen LogP) is 6.64. The summed E-state index contributed by atoms with van der Waals surface area (Å²) >= 11 is 0. The van der Waals surface area contributed by atoms with Crippen molar-refractivity contribution < 1.29 is 19.1 Å². The van der Waals surface area contributed by atoms with E-state index in [1.165, 1.54) is 51.4 Å². The van der Waals surface area contributed by atoms with Gasteiger partial charge >= 0.3 is 11.9 Å². The van der Waals surface area contributed by atoms with E-state index in [-0.39, 0.29) is 24.1 Å². The Morgan fingerprint density at radius 2 is 0.821 bits per heavy atom. The van der Waals surface area contributed by atoms with Gasteiger partial charge in [0, 0.05) is 12.8 Å². The highest BCUT2D eigenvalue weighted by atomic mass is 16.5. The second-order valence-corrected chi connectivity index (χ2v) is 8.83. The van der Waals surface area contributed by atoms with Gasteiger partial charge in [-0.05, 0) is 64.2 Å². The normalized spacial score (nSPS) is 19.6. The van der Waals surface area contributed by atoms with Gasteiger partial charge in [0.15, 0.2) is 0 Å². The predicted molar refractivity (Wildman–Crippen MR) is 112 cm³/mol. The molecular formula is C24H42O4. The number of hydrogen-bond acceptors (Lipinski definition) is 4. The Balaban J connectivity index is 1.38. The van der Waals surface area contributed by atoms with Crippen molar-refractivity contribution in [3.05, 3.63) is 0 Å². The lowest BCUT2D eigenvalue weighted by Crippen LogP contribution is -2.17. The SMILES string of the molecule is O=C(CCCCCCCCC(=O)OC1CCCCCC1)OC1CCCCCC1. The molecule has 0 unspecified atom stereocenters. The van der Waals surface area contributed by atoms with Gasteiger partial charge in [-0.3, -0.25) is 9.59 Å². The van der Waals surface area contributed by atoms with E-state index in [0.29, 0.717) is 12.8 Å². The topological polar surface area (TPSA) is 52.6 Å². The van der Waals surface area contributed by atoms with E-state index in [2.05, 4.69) is 0 Å². The Kier molecular flexibility index (Phi) is 12.3. The van der Waals surface area contributed by atoms with Crippen LogP contribution < -0.4 is 0 Å². The molecule has 2 aliphatic carbocycles. The molecular weight excluding hydrogens is 352 g/mol. The van der Waals surface area contributed by atoms with E-state index in [1.807, 2.05) is 0 Å². The lowest BCUT2D eigenvalue weighted by atomic mass is 10.1. The van der Waals surface area contributed by atoms with Crippen LogP contribution in [0.1, 0.15) is 128 Å². The van der Waals surface area contributed by atoms with Gasteiger partial charge in [0.05, 0.1) is 0 Å². The molecule has 0 atom stereocenters. The molecule has 0 bridgehead atoms. The van der Waals surface area contributed by atoms with Crippen LogP contribution in [0.25, 0.3) is 0 Å². The van der Waals surface area contributed by atoms with Crippen LogP contribution in [0.4, 0.5) is 0 Å². The minimum Gasteiger partial charge on any atom is -0.462 e. The van der Waals surface area contributed by atoms with Crippen LogP contribution in [0.15, 0.2) is 0 Å². The second-order valence-electron chi connectivity index (χ2n) is 8.83. The largest absolute Gasteiger partial charge is 0.462 e. The highest BCUT2D eigenvalue weighted by Crippen LogP contribution is 2.22. The third-order valence-corrected chi connectivity index (χ3v) is 6.21. The summed E-state index contributed by atoms with van der Waals surface area (Å²) in [6.45, 7) is 0. The summed E-state index contributed by atoms with van der Waals surface area (Å²) in [5.74, 6) is -0.0127. The maximum absolute atomic E-state index is 11.9. The molecule has 0 aliphatic heterocycles. The number of unbranched alkanes of at least 4 members (excludes halogenated alkanes) is 5. The molecule has 2 rings (SSSR count). The maximum Gasteiger partial charge on any atom is 0.306 e. The zero-order chi connectivity index (χ0) is 19.9. The van der Waals surface area contributed by atoms with Crippen molar-refractivity contribution in [1.82, 2.24) is 0 Å². The summed E-state index contributed by atoms with van der Waals surface area (Å²) in [5.41, 5.74) is 0. The molecule has 0 aromatic carbocycles. The molecule has 28 heavy (non-hydrogen) atoms. The van der Waals surface area contributed by atoms with E-state index in [4.69, 9.17) is 9.47 Å². The molecule has 2 fully saturated rings. The van der Waals surface area contributed by atoms with Crippen LogP contribution >= 0.6 is 0 Å². The highest BCUT2D eigenvalue weighted by molar-refractivity contribution is 5.69. The molecule has 2 saturated carbocycles. The quantitative estimate of drug-likeness (QED) is 0.224. The standard InChI is InChI=1S/C24H42O4/c25-23(27-21-15-9-5-6-10-16-21)19-13-3-1-2-4-14-20-24(26)28-22-17-11-7-8-12-18-22/h21-22H,1-20H2.